The van der Waals surface area contributed by atoms with Crippen molar-refractivity contribution in [3.63, 3.8) is 0 Å². The van der Waals surface area contributed by atoms with Crippen molar-refractivity contribution in [1.29, 1.82) is 0 Å². The van der Waals surface area contributed by atoms with Crippen LogP contribution < -0.4 is 0 Å². The van der Waals surface area contributed by atoms with Gasteiger partial charge in [-0.2, -0.15) is 8.42 Å². The molecule has 7 rings (SSSR count). The molecule has 0 fully saturated rings. The number of benzene rings is 5. The van der Waals surface area contributed by atoms with E-state index in [1.54, 1.807) is 11.5 Å². The molecule has 7 aromatic rings. The van der Waals surface area contributed by atoms with E-state index in [0.717, 1.165) is 51.6 Å². The van der Waals surface area contributed by atoms with Crippen molar-refractivity contribution in [3.05, 3.63) is 179 Å². The third-order valence-electron chi connectivity index (χ3n) is 9.61. The van der Waals surface area contributed by atoms with E-state index in [1.165, 1.54) is 0 Å². The largest absolute Gasteiger partial charge is 0.461 e. The van der Waals surface area contributed by atoms with Gasteiger partial charge < -0.3 is 9.30 Å². The molecular formula is C44H42N6O5S. The molecule has 56 heavy (non-hydrogen) atoms. The summed E-state index contributed by atoms with van der Waals surface area (Å²) in [7, 11) is -3.77. The smallest absolute Gasteiger partial charge is 0.357 e. The van der Waals surface area contributed by atoms with E-state index in [0.29, 0.717) is 24.6 Å². The molecule has 284 valence electrons. The number of hydrogen-bond acceptors (Lipinski definition) is 9. The zero-order valence-corrected chi connectivity index (χ0v) is 32.3. The Hall–Kier alpha value is -6.24. The number of rotatable bonds is 15. The molecule has 12 heteroatoms. The number of carbonyl (C=O) groups excluding carboxylic acids is 1. The highest BCUT2D eigenvalue weighted by atomic mass is 32.2. The normalized spacial score (nSPS) is 11.8. The first kappa shape index (κ1) is 38.1. The molecule has 0 aliphatic heterocycles. The monoisotopic (exact) mass is 766 g/mol. The van der Waals surface area contributed by atoms with Crippen LogP contribution in [0.25, 0.3) is 22.5 Å². The van der Waals surface area contributed by atoms with Crippen LogP contribution in [0.3, 0.4) is 0 Å². The van der Waals surface area contributed by atoms with Gasteiger partial charge in [0.1, 0.15) is 23.7 Å². The summed E-state index contributed by atoms with van der Waals surface area (Å²) in [5, 5.41) is 13.7. The molecule has 0 saturated carbocycles. The van der Waals surface area contributed by atoms with Gasteiger partial charge in [-0.25, -0.2) is 14.5 Å². The predicted molar refractivity (Wildman–Crippen MR) is 214 cm³/mol. The molecule has 0 atom stereocenters. The SMILES string of the molecule is CCCc1nc(COS(C)(=O)=O)c(C(=O)OCC)n1Cc1ccc(-c2ccccc2-c2nnnn2C(c2ccccc2)(c2ccccc2)c2ccccc2)cc1. The Morgan fingerprint density at radius 1 is 0.732 bits per heavy atom. The van der Waals surface area contributed by atoms with Crippen LogP contribution in [0.4, 0.5) is 0 Å². The van der Waals surface area contributed by atoms with Crippen LogP contribution in [0.1, 0.15) is 64.5 Å². The average molecular weight is 767 g/mol. The number of carbonyl (C=O) groups is 1. The van der Waals surface area contributed by atoms with E-state index in [4.69, 9.17) is 14.1 Å². The summed E-state index contributed by atoms with van der Waals surface area (Å²) in [4.78, 5) is 17.9. The van der Waals surface area contributed by atoms with E-state index in [2.05, 4.69) is 57.8 Å². The van der Waals surface area contributed by atoms with Crippen molar-refractivity contribution in [1.82, 2.24) is 29.8 Å². The summed E-state index contributed by atoms with van der Waals surface area (Å²) in [5.41, 5.74) is 6.12. The second-order valence-electron chi connectivity index (χ2n) is 13.3. The van der Waals surface area contributed by atoms with E-state index >= 15 is 0 Å². The Morgan fingerprint density at radius 2 is 1.29 bits per heavy atom. The first-order chi connectivity index (χ1) is 27.2. The molecule has 0 unspecified atom stereocenters. The minimum atomic E-state index is -3.77. The second-order valence-corrected chi connectivity index (χ2v) is 15.0. The zero-order chi connectivity index (χ0) is 39.1. The van der Waals surface area contributed by atoms with Gasteiger partial charge in [0, 0.05) is 18.5 Å². The van der Waals surface area contributed by atoms with E-state index in [1.807, 2.05) is 109 Å². The topological polar surface area (TPSA) is 131 Å². The zero-order valence-electron chi connectivity index (χ0n) is 31.4. The lowest BCUT2D eigenvalue weighted by Crippen LogP contribution is -2.39. The van der Waals surface area contributed by atoms with Crippen molar-refractivity contribution in [3.8, 4) is 22.5 Å². The minimum absolute atomic E-state index is 0.153. The van der Waals surface area contributed by atoms with Crippen LogP contribution in [0.15, 0.2) is 140 Å². The molecule has 0 aliphatic rings. The highest BCUT2D eigenvalue weighted by Gasteiger charge is 2.42. The van der Waals surface area contributed by atoms with Crippen LogP contribution in [0.5, 0.6) is 0 Å². The van der Waals surface area contributed by atoms with Gasteiger partial charge >= 0.3 is 5.97 Å². The van der Waals surface area contributed by atoms with E-state index in [9.17, 15) is 13.2 Å². The summed E-state index contributed by atoms with van der Waals surface area (Å²) in [6.45, 7) is 3.83. The first-order valence-electron chi connectivity index (χ1n) is 18.5. The molecule has 0 aliphatic carbocycles. The van der Waals surface area contributed by atoms with Crippen LogP contribution in [-0.2, 0) is 44.1 Å². The maximum Gasteiger partial charge on any atom is 0.357 e. The summed E-state index contributed by atoms with van der Waals surface area (Å²) < 4.78 is 37.9. The summed E-state index contributed by atoms with van der Waals surface area (Å²) in [6, 6.07) is 47.0. The van der Waals surface area contributed by atoms with Crippen molar-refractivity contribution < 1.29 is 22.1 Å². The van der Waals surface area contributed by atoms with Crippen LogP contribution >= 0.6 is 0 Å². The fraction of sp³-hybridized carbons (Fsp3) is 0.205. The van der Waals surface area contributed by atoms with Crippen molar-refractivity contribution in [2.24, 2.45) is 0 Å². The van der Waals surface area contributed by atoms with Gasteiger partial charge in [-0.15, -0.1) is 5.10 Å². The molecule has 0 bridgehead atoms. The lowest BCUT2D eigenvalue weighted by atomic mass is 9.77. The highest BCUT2D eigenvalue weighted by Crippen LogP contribution is 2.43. The number of imidazole rings is 1. The van der Waals surface area contributed by atoms with Crippen LogP contribution in [0, 0.1) is 0 Å². The number of tetrazole rings is 1. The summed E-state index contributed by atoms with van der Waals surface area (Å²) >= 11 is 0. The molecule has 5 aromatic carbocycles. The lowest BCUT2D eigenvalue weighted by molar-refractivity contribution is 0.0510. The first-order valence-corrected chi connectivity index (χ1v) is 20.3. The van der Waals surface area contributed by atoms with Crippen molar-refractivity contribution >= 4 is 16.1 Å². The molecule has 2 heterocycles. The fourth-order valence-electron chi connectivity index (χ4n) is 7.22. The predicted octanol–water partition coefficient (Wildman–Crippen LogP) is 7.70. The second kappa shape index (κ2) is 16.6. The van der Waals surface area contributed by atoms with E-state index in [-0.39, 0.29) is 24.6 Å². The lowest BCUT2D eigenvalue weighted by Gasteiger charge is -2.36. The molecule has 0 saturated heterocycles. The third-order valence-corrected chi connectivity index (χ3v) is 10.2. The fourth-order valence-corrected chi connectivity index (χ4v) is 7.54. The number of hydrogen-bond donors (Lipinski definition) is 0. The minimum Gasteiger partial charge on any atom is -0.461 e. The Labute approximate surface area is 326 Å². The third kappa shape index (κ3) is 7.66. The van der Waals surface area contributed by atoms with Gasteiger partial charge in [0.05, 0.1) is 12.9 Å². The molecular weight excluding hydrogens is 725 g/mol. The van der Waals surface area contributed by atoms with Gasteiger partial charge in [0.25, 0.3) is 10.1 Å². The number of ether oxygens (including phenoxy) is 1. The van der Waals surface area contributed by atoms with Crippen molar-refractivity contribution in [2.45, 2.75) is 45.4 Å². The Bertz CT molecular complexity index is 2420. The average Bonchev–Trinajstić information content (AvgIpc) is 3.84. The van der Waals surface area contributed by atoms with Gasteiger partial charge in [0.15, 0.2) is 11.5 Å². The van der Waals surface area contributed by atoms with E-state index < -0.39 is 21.6 Å². The van der Waals surface area contributed by atoms with Gasteiger partial charge in [0.2, 0.25) is 0 Å². The van der Waals surface area contributed by atoms with Gasteiger partial charge in [-0.1, -0.05) is 146 Å². The number of esters is 1. The molecule has 0 spiro atoms. The molecule has 0 radical (unpaired) electrons. The number of nitrogens with zero attached hydrogens (tertiary/aromatic N) is 6. The molecule has 11 nitrogen and oxygen atoms in total. The van der Waals surface area contributed by atoms with Crippen LogP contribution in [0.2, 0.25) is 0 Å². The maximum absolute atomic E-state index is 13.3. The number of aromatic nitrogens is 6. The number of aryl methyl sites for hydroxylation is 1. The molecule has 0 amide bonds. The van der Waals surface area contributed by atoms with Crippen molar-refractivity contribution in [2.75, 3.05) is 12.9 Å². The summed E-state index contributed by atoms with van der Waals surface area (Å²) in [6.07, 6.45) is 2.30. The molecule has 2 aromatic heterocycles. The Morgan fingerprint density at radius 3 is 1.82 bits per heavy atom. The Balaban J connectivity index is 1.31. The van der Waals surface area contributed by atoms with Crippen LogP contribution in [-0.4, -0.2) is 57.0 Å². The highest BCUT2D eigenvalue weighted by molar-refractivity contribution is 7.85. The van der Waals surface area contributed by atoms with Gasteiger partial charge in [-0.05, 0) is 57.2 Å². The quantitative estimate of drug-likeness (QED) is 0.0586. The standard InChI is InChI=1S/C44H42N6O5S/c1-4-17-40-45-39(31-55-56(3,52)53)41(43(51)54-5-2)49(40)30-32-26-28-33(29-27-32)37-24-15-16-25-38(37)42-46-47-48-50(42)44(34-18-9-6-10-19-34,35-20-11-7-12-21-35)36-22-13-8-14-23-36/h6-16,18-29H,4-5,17,30-31H2,1-3H3. The maximum atomic E-state index is 13.3. The Kier molecular flexibility index (Phi) is 11.3. The summed E-state index contributed by atoms with van der Waals surface area (Å²) in [5.74, 6) is 0.643. The van der Waals surface area contributed by atoms with Gasteiger partial charge in [-0.3, -0.25) is 4.18 Å². The molecule has 0 N–H and O–H groups in total.